The number of aromatic nitrogens is 1. The topological polar surface area (TPSA) is 42.0 Å². The largest absolute Gasteiger partial charge is 0.352 e. The molecule has 2 unspecified atom stereocenters. The molecule has 1 aliphatic rings. The normalized spacial score (nSPS) is 22.1. The monoisotopic (exact) mass is 346 g/mol. The summed E-state index contributed by atoms with van der Waals surface area (Å²) in [6, 6.07) is 9.51. The van der Waals surface area contributed by atoms with Crippen LogP contribution < -0.4 is 5.32 Å². The zero-order valence-electron chi connectivity index (χ0n) is 11.9. The Kier molecular flexibility index (Phi) is 4.54. The molecular formula is C17H19BrN2O. The number of fused-ring (bicyclic) bond motifs is 1. The van der Waals surface area contributed by atoms with Gasteiger partial charge in [0.2, 0.25) is 0 Å². The molecule has 0 bridgehead atoms. The van der Waals surface area contributed by atoms with Gasteiger partial charge in [0.1, 0.15) is 0 Å². The molecule has 1 amide bonds. The lowest BCUT2D eigenvalue weighted by Gasteiger charge is -2.27. The Morgan fingerprint density at radius 2 is 2.10 bits per heavy atom. The molecule has 1 heterocycles. The van der Waals surface area contributed by atoms with Crippen LogP contribution in [0.15, 0.2) is 36.5 Å². The fourth-order valence-electron chi connectivity index (χ4n) is 3.01. The van der Waals surface area contributed by atoms with Crippen molar-refractivity contribution in [3.05, 3.63) is 42.1 Å². The number of nitrogens with one attached hydrogen (secondary N) is 1. The first-order valence-corrected chi connectivity index (χ1v) is 8.43. The van der Waals surface area contributed by atoms with E-state index in [9.17, 15) is 4.79 Å². The van der Waals surface area contributed by atoms with Gasteiger partial charge in [-0.3, -0.25) is 9.78 Å². The molecule has 0 spiro atoms. The average molecular weight is 347 g/mol. The first-order chi connectivity index (χ1) is 10.3. The van der Waals surface area contributed by atoms with Crippen molar-refractivity contribution in [2.75, 3.05) is 6.54 Å². The van der Waals surface area contributed by atoms with Crippen molar-refractivity contribution in [2.45, 2.75) is 30.5 Å². The number of nitrogens with zero attached hydrogens (tertiary/aromatic N) is 1. The van der Waals surface area contributed by atoms with E-state index in [4.69, 9.17) is 0 Å². The van der Waals surface area contributed by atoms with E-state index >= 15 is 0 Å². The minimum absolute atomic E-state index is 0.00104. The van der Waals surface area contributed by atoms with Gasteiger partial charge in [0.05, 0.1) is 5.52 Å². The maximum atomic E-state index is 12.5. The molecule has 3 rings (SSSR count). The summed E-state index contributed by atoms with van der Waals surface area (Å²) in [4.78, 5) is 17.3. The second-order valence-corrected chi connectivity index (χ2v) is 6.82. The van der Waals surface area contributed by atoms with Crippen molar-refractivity contribution >= 4 is 32.7 Å². The van der Waals surface area contributed by atoms with Gasteiger partial charge in [0, 0.05) is 28.5 Å². The SMILES string of the molecule is O=C(NCC1CCCCC1Br)c1cccc2ncccc12. The van der Waals surface area contributed by atoms with Gasteiger partial charge in [0.15, 0.2) is 0 Å². The van der Waals surface area contributed by atoms with Crippen LogP contribution in [-0.2, 0) is 0 Å². The van der Waals surface area contributed by atoms with Gasteiger partial charge in [-0.05, 0) is 37.0 Å². The molecule has 0 saturated heterocycles. The van der Waals surface area contributed by atoms with Gasteiger partial charge in [-0.25, -0.2) is 0 Å². The van der Waals surface area contributed by atoms with Gasteiger partial charge < -0.3 is 5.32 Å². The molecule has 1 saturated carbocycles. The van der Waals surface area contributed by atoms with Gasteiger partial charge in [-0.1, -0.05) is 40.9 Å². The van der Waals surface area contributed by atoms with Crippen LogP contribution in [0.5, 0.6) is 0 Å². The van der Waals surface area contributed by atoms with Crippen LogP contribution in [0.3, 0.4) is 0 Å². The number of hydrogen-bond donors (Lipinski definition) is 1. The lowest BCUT2D eigenvalue weighted by atomic mass is 9.89. The molecule has 0 radical (unpaired) electrons. The Morgan fingerprint density at radius 3 is 2.95 bits per heavy atom. The van der Waals surface area contributed by atoms with Crippen LogP contribution >= 0.6 is 15.9 Å². The Labute approximate surface area is 133 Å². The highest BCUT2D eigenvalue weighted by Crippen LogP contribution is 2.29. The number of benzene rings is 1. The molecule has 2 aromatic rings. The van der Waals surface area contributed by atoms with E-state index in [1.165, 1.54) is 25.7 Å². The molecule has 3 nitrogen and oxygen atoms in total. The molecule has 21 heavy (non-hydrogen) atoms. The Morgan fingerprint density at radius 1 is 1.24 bits per heavy atom. The van der Waals surface area contributed by atoms with Gasteiger partial charge in [-0.15, -0.1) is 0 Å². The van der Waals surface area contributed by atoms with E-state index in [2.05, 4.69) is 26.2 Å². The van der Waals surface area contributed by atoms with Crippen LogP contribution in [0.4, 0.5) is 0 Å². The number of amides is 1. The number of carbonyl (C=O) groups is 1. The second kappa shape index (κ2) is 6.56. The highest BCUT2D eigenvalue weighted by atomic mass is 79.9. The Balaban J connectivity index is 1.72. The van der Waals surface area contributed by atoms with Crippen LogP contribution in [0, 0.1) is 5.92 Å². The summed E-state index contributed by atoms with van der Waals surface area (Å²) in [6.45, 7) is 0.741. The summed E-state index contributed by atoms with van der Waals surface area (Å²) in [5.41, 5.74) is 1.57. The maximum absolute atomic E-state index is 12.5. The van der Waals surface area contributed by atoms with E-state index in [0.29, 0.717) is 16.3 Å². The summed E-state index contributed by atoms with van der Waals surface area (Å²) in [7, 11) is 0. The first-order valence-electron chi connectivity index (χ1n) is 7.52. The standard InChI is InChI=1S/C17H19BrN2O/c18-15-8-2-1-5-12(15)11-20-17(21)14-6-3-9-16-13(14)7-4-10-19-16/h3-4,6-7,9-10,12,15H,1-2,5,8,11H2,(H,20,21). The molecule has 1 aromatic heterocycles. The van der Waals surface area contributed by atoms with E-state index in [1.54, 1.807) is 6.20 Å². The average Bonchev–Trinajstić information content (AvgIpc) is 2.53. The van der Waals surface area contributed by atoms with E-state index < -0.39 is 0 Å². The number of carbonyl (C=O) groups excluding carboxylic acids is 1. The van der Waals surface area contributed by atoms with E-state index in [-0.39, 0.29) is 5.91 Å². The third kappa shape index (κ3) is 3.26. The second-order valence-electron chi connectivity index (χ2n) is 5.65. The molecular weight excluding hydrogens is 328 g/mol. The molecule has 1 aliphatic carbocycles. The molecule has 0 aliphatic heterocycles. The molecule has 4 heteroatoms. The Hall–Kier alpha value is -1.42. The van der Waals surface area contributed by atoms with Crippen LogP contribution in [0.2, 0.25) is 0 Å². The smallest absolute Gasteiger partial charge is 0.251 e. The molecule has 1 N–H and O–H groups in total. The molecule has 110 valence electrons. The van der Waals surface area contributed by atoms with Crippen molar-refractivity contribution in [3.8, 4) is 0 Å². The molecule has 1 aromatic carbocycles. The summed E-state index contributed by atoms with van der Waals surface area (Å²) >= 11 is 3.74. The fourth-order valence-corrected chi connectivity index (χ4v) is 3.79. The minimum Gasteiger partial charge on any atom is -0.352 e. The summed E-state index contributed by atoms with van der Waals surface area (Å²) in [5, 5.41) is 4.01. The van der Waals surface area contributed by atoms with Crippen LogP contribution in [0.1, 0.15) is 36.0 Å². The number of pyridine rings is 1. The van der Waals surface area contributed by atoms with Gasteiger partial charge in [-0.2, -0.15) is 0 Å². The predicted octanol–water partition coefficient (Wildman–Crippen LogP) is 3.92. The number of halogens is 1. The summed E-state index contributed by atoms with van der Waals surface area (Å²) < 4.78 is 0. The van der Waals surface area contributed by atoms with E-state index in [1.807, 2.05) is 30.3 Å². The van der Waals surface area contributed by atoms with Crippen LogP contribution in [0.25, 0.3) is 10.9 Å². The highest BCUT2D eigenvalue weighted by Gasteiger charge is 2.23. The quantitative estimate of drug-likeness (QED) is 0.855. The number of rotatable bonds is 3. The van der Waals surface area contributed by atoms with E-state index in [0.717, 1.165) is 17.4 Å². The van der Waals surface area contributed by atoms with Crippen molar-refractivity contribution in [2.24, 2.45) is 5.92 Å². The summed E-state index contributed by atoms with van der Waals surface area (Å²) in [5.74, 6) is 0.537. The predicted molar refractivity (Wildman–Crippen MR) is 88.7 cm³/mol. The van der Waals surface area contributed by atoms with Gasteiger partial charge in [0.25, 0.3) is 5.91 Å². The highest BCUT2D eigenvalue weighted by molar-refractivity contribution is 9.09. The summed E-state index contributed by atoms with van der Waals surface area (Å²) in [6.07, 6.45) is 6.70. The van der Waals surface area contributed by atoms with Gasteiger partial charge >= 0.3 is 0 Å². The van der Waals surface area contributed by atoms with Crippen molar-refractivity contribution in [3.63, 3.8) is 0 Å². The third-order valence-electron chi connectivity index (χ3n) is 4.23. The zero-order valence-corrected chi connectivity index (χ0v) is 13.5. The first kappa shape index (κ1) is 14.5. The number of hydrogen-bond acceptors (Lipinski definition) is 2. The Bertz CT molecular complexity index is 638. The minimum atomic E-state index is -0.00104. The lowest BCUT2D eigenvalue weighted by molar-refractivity contribution is 0.0946. The lowest BCUT2D eigenvalue weighted by Crippen LogP contribution is -2.34. The molecule has 1 fully saturated rings. The zero-order chi connectivity index (χ0) is 14.7. The maximum Gasteiger partial charge on any atom is 0.251 e. The third-order valence-corrected chi connectivity index (χ3v) is 5.44. The van der Waals surface area contributed by atoms with Crippen LogP contribution in [-0.4, -0.2) is 22.3 Å². The van der Waals surface area contributed by atoms with Crippen molar-refractivity contribution < 1.29 is 4.79 Å². The molecule has 2 atom stereocenters. The fraction of sp³-hybridized carbons (Fsp3) is 0.412. The number of alkyl halides is 1. The van der Waals surface area contributed by atoms with Crippen molar-refractivity contribution in [1.82, 2.24) is 10.3 Å². The van der Waals surface area contributed by atoms with Crippen molar-refractivity contribution in [1.29, 1.82) is 0 Å².